The third-order valence-corrected chi connectivity index (χ3v) is 2.69. The minimum atomic E-state index is -0.000171. The second kappa shape index (κ2) is 4.97. The minimum absolute atomic E-state index is 0.000171. The minimum Gasteiger partial charge on any atom is -0.337 e. The van der Waals surface area contributed by atoms with Gasteiger partial charge in [0.25, 0.3) is 0 Å². The van der Waals surface area contributed by atoms with Crippen LogP contribution in [0.4, 0.5) is 5.69 Å². The summed E-state index contributed by atoms with van der Waals surface area (Å²) < 4.78 is 2.47. The molecule has 1 aromatic carbocycles. The molecule has 5 heteroatoms. The van der Waals surface area contributed by atoms with E-state index in [9.17, 15) is 4.79 Å². The fraction of sp³-hybridized carbons (Fsp3) is 0.167. The first kappa shape index (κ1) is 11.6. The lowest BCUT2D eigenvalue weighted by Gasteiger charge is -2.07. The summed E-state index contributed by atoms with van der Waals surface area (Å²) in [5.41, 5.74) is 1.70. The molecule has 0 spiro atoms. The van der Waals surface area contributed by atoms with E-state index < -0.39 is 0 Å². The molecule has 17 heavy (non-hydrogen) atoms. The molecule has 88 valence electrons. The number of imidazole rings is 1. The first-order valence-corrected chi connectivity index (χ1v) is 5.78. The van der Waals surface area contributed by atoms with E-state index in [4.69, 9.17) is 12.2 Å². The van der Waals surface area contributed by atoms with Gasteiger partial charge in [0.2, 0.25) is 5.91 Å². The van der Waals surface area contributed by atoms with Crippen LogP contribution >= 0.6 is 12.2 Å². The summed E-state index contributed by atoms with van der Waals surface area (Å²) in [6.07, 6.45) is 4.09. The first-order chi connectivity index (χ1) is 8.20. The number of aromatic amines is 1. The fourth-order valence-electron chi connectivity index (χ4n) is 1.51. The number of hydrogen-bond donors (Lipinski definition) is 2. The Hall–Kier alpha value is -1.88. The Bertz CT molecular complexity index is 585. The number of H-pyrrole nitrogens is 1. The summed E-state index contributed by atoms with van der Waals surface area (Å²) in [7, 11) is 0. The largest absolute Gasteiger partial charge is 0.337 e. The van der Waals surface area contributed by atoms with Crippen LogP contribution in [-0.4, -0.2) is 15.5 Å². The van der Waals surface area contributed by atoms with Gasteiger partial charge in [0, 0.05) is 30.2 Å². The quantitative estimate of drug-likeness (QED) is 0.819. The second-order valence-corrected chi connectivity index (χ2v) is 3.97. The molecule has 0 unspecified atom stereocenters. The third-order valence-electron chi connectivity index (χ3n) is 2.38. The van der Waals surface area contributed by atoms with Crippen LogP contribution in [0.2, 0.25) is 0 Å². The number of hydrogen-bond acceptors (Lipinski definition) is 2. The van der Waals surface area contributed by atoms with Gasteiger partial charge in [-0.15, -0.1) is 0 Å². The normalized spacial score (nSPS) is 10.2. The van der Waals surface area contributed by atoms with Crippen LogP contribution in [-0.2, 0) is 4.79 Å². The molecule has 4 nitrogen and oxygen atoms in total. The van der Waals surface area contributed by atoms with Gasteiger partial charge >= 0.3 is 0 Å². The van der Waals surface area contributed by atoms with Gasteiger partial charge in [-0.3, -0.25) is 9.36 Å². The maximum atomic E-state index is 11.3. The Kier molecular flexibility index (Phi) is 3.39. The Morgan fingerprint density at radius 2 is 2.35 bits per heavy atom. The van der Waals surface area contributed by atoms with Gasteiger partial charge in [0.05, 0.1) is 0 Å². The van der Waals surface area contributed by atoms with E-state index in [0.29, 0.717) is 11.2 Å². The van der Waals surface area contributed by atoms with Crippen molar-refractivity contribution in [2.75, 3.05) is 5.32 Å². The number of nitrogens with zero attached hydrogens (tertiary/aromatic N) is 1. The molecule has 0 fully saturated rings. The number of anilines is 1. The summed E-state index contributed by atoms with van der Waals surface area (Å²) in [6.45, 7) is 1.82. The molecule has 0 radical (unpaired) electrons. The van der Waals surface area contributed by atoms with Crippen molar-refractivity contribution < 1.29 is 4.79 Å². The van der Waals surface area contributed by atoms with Gasteiger partial charge < -0.3 is 10.3 Å². The summed E-state index contributed by atoms with van der Waals surface area (Å²) >= 11 is 5.14. The number of carbonyl (C=O) groups is 1. The summed E-state index contributed by atoms with van der Waals surface area (Å²) in [6, 6.07) is 7.56. The third kappa shape index (κ3) is 2.62. The maximum Gasteiger partial charge on any atom is 0.224 e. The number of aromatic nitrogens is 2. The molecule has 2 N–H and O–H groups in total. The topological polar surface area (TPSA) is 49.8 Å². The van der Waals surface area contributed by atoms with Crippen LogP contribution < -0.4 is 5.32 Å². The standard InChI is InChI=1S/C12H13N3OS/c1-2-11(16)14-9-4-3-5-10(8-9)15-7-6-13-12(15)17/h3-8H,2H2,1H3,(H,13,17)(H,14,16). The molecule has 0 aliphatic heterocycles. The number of benzene rings is 1. The number of nitrogens with one attached hydrogen (secondary N) is 2. The second-order valence-electron chi connectivity index (χ2n) is 3.59. The van der Waals surface area contributed by atoms with Crippen LogP contribution in [0.25, 0.3) is 5.69 Å². The van der Waals surface area contributed by atoms with E-state index in [-0.39, 0.29) is 5.91 Å². The number of amides is 1. The SMILES string of the molecule is CCC(=O)Nc1cccc(-n2cc[nH]c2=S)c1. The van der Waals surface area contributed by atoms with E-state index in [1.165, 1.54) is 0 Å². The van der Waals surface area contributed by atoms with Gasteiger partial charge in [0.1, 0.15) is 0 Å². The van der Waals surface area contributed by atoms with Crippen molar-refractivity contribution in [3.63, 3.8) is 0 Å². The molecule has 2 aromatic rings. The first-order valence-electron chi connectivity index (χ1n) is 5.37. The van der Waals surface area contributed by atoms with Crippen molar-refractivity contribution in [2.24, 2.45) is 0 Å². The fourth-order valence-corrected chi connectivity index (χ4v) is 1.74. The molecule has 0 aliphatic carbocycles. The smallest absolute Gasteiger partial charge is 0.224 e. The van der Waals surface area contributed by atoms with Crippen LogP contribution in [0.1, 0.15) is 13.3 Å². The van der Waals surface area contributed by atoms with Crippen LogP contribution in [0.3, 0.4) is 0 Å². The Morgan fingerprint density at radius 3 is 3.00 bits per heavy atom. The lowest BCUT2D eigenvalue weighted by Crippen LogP contribution is -2.09. The summed E-state index contributed by atoms with van der Waals surface area (Å²) in [5, 5.41) is 2.82. The van der Waals surface area contributed by atoms with E-state index in [0.717, 1.165) is 11.4 Å². The molecule has 0 aliphatic rings. The van der Waals surface area contributed by atoms with Crippen LogP contribution in [0.5, 0.6) is 0 Å². The van der Waals surface area contributed by atoms with E-state index in [2.05, 4.69) is 10.3 Å². The summed E-state index contributed by atoms with van der Waals surface area (Å²) in [4.78, 5) is 14.2. The summed E-state index contributed by atoms with van der Waals surface area (Å²) in [5.74, 6) is -0.000171. The molecule has 1 heterocycles. The lowest BCUT2D eigenvalue weighted by atomic mass is 10.2. The van der Waals surface area contributed by atoms with Gasteiger partial charge in [0.15, 0.2) is 4.77 Å². The highest BCUT2D eigenvalue weighted by Crippen LogP contribution is 2.15. The highest BCUT2D eigenvalue weighted by molar-refractivity contribution is 7.71. The van der Waals surface area contributed by atoms with Crippen molar-refractivity contribution >= 4 is 23.8 Å². The molecule has 2 rings (SSSR count). The Balaban J connectivity index is 2.32. The van der Waals surface area contributed by atoms with Gasteiger partial charge in [-0.1, -0.05) is 13.0 Å². The zero-order valence-electron chi connectivity index (χ0n) is 9.43. The zero-order chi connectivity index (χ0) is 12.3. The van der Waals surface area contributed by atoms with Crippen molar-refractivity contribution in [3.05, 3.63) is 41.4 Å². The monoisotopic (exact) mass is 247 g/mol. The van der Waals surface area contributed by atoms with E-state index in [1.807, 2.05) is 42.0 Å². The van der Waals surface area contributed by atoms with Crippen molar-refractivity contribution in [1.29, 1.82) is 0 Å². The highest BCUT2D eigenvalue weighted by atomic mass is 32.1. The molecule has 1 aromatic heterocycles. The number of carbonyl (C=O) groups excluding carboxylic acids is 1. The Labute approximate surface area is 104 Å². The molecule has 0 saturated carbocycles. The average molecular weight is 247 g/mol. The van der Waals surface area contributed by atoms with Crippen LogP contribution in [0, 0.1) is 4.77 Å². The zero-order valence-corrected chi connectivity index (χ0v) is 10.3. The molecular formula is C12H13N3OS. The molecule has 1 amide bonds. The predicted octanol–water partition coefficient (Wildman–Crippen LogP) is 2.88. The maximum absolute atomic E-state index is 11.3. The van der Waals surface area contributed by atoms with Crippen molar-refractivity contribution in [2.45, 2.75) is 13.3 Å². The van der Waals surface area contributed by atoms with E-state index in [1.54, 1.807) is 6.20 Å². The molecule has 0 bridgehead atoms. The average Bonchev–Trinajstić information content (AvgIpc) is 2.75. The van der Waals surface area contributed by atoms with Gasteiger partial charge in [-0.2, -0.15) is 0 Å². The van der Waals surface area contributed by atoms with Gasteiger partial charge in [-0.05, 0) is 30.4 Å². The molecular weight excluding hydrogens is 234 g/mol. The lowest BCUT2D eigenvalue weighted by molar-refractivity contribution is -0.115. The Morgan fingerprint density at radius 1 is 1.53 bits per heavy atom. The highest BCUT2D eigenvalue weighted by Gasteiger charge is 2.01. The molecule has 0 atom stereocenters. The predicted molar refractivity (Wildman–Crippen MR) is 69.9 cm³/mol. The molecule has 0 saturated heterocycles. The van der Waals surface area contributed by atoms with E-state index >= 15 is 0 Å². The van der Waals surface area contributed by atoms with Crippen molar-refractivity contribution in [1.82, 2.24) is 9.55 Å². The number of rotatable bonds is 3. The van der Waals surface area contributed by atoms with Crippen molar-refractivity contribution in [3.8, 4) is 5.69 Å². The van der Waals surface area contributed by atoms with Gasteiger partial charge in [-0.25, -0.2) is 0 Å². The van der Waals surface area contributed by atoms with Crippen LogP contribution in [0.15, 0.2) is 36.7 Å².